The van der Waals surface area contributed by atoms with E-state index in [0.717, 1.165) is 15.2 Å². The summed E-state index contributed by atoms with van der Waals surface area (Å²) in [6.07, 6.45) is 0.500. The molecule has 30 heteroatoms. The molecular weight excluding hydrogens is 986 g/mol. The standard InChI is InChI=1S/C15H18N4O7S2.C9H9ClO4S.C5H9N3O2S.CHNO.CH3.ClH.2K/c1-5-27-14-16-18(15(22)19(14)25-4)13(21)17-26-28(23)11-9(2)7-6-8-10(11)12(20)24-3;1-6-4-3-5-7(9(11)14-2)8(6)15(10,12)13;1-3-11-5-7-6-4(9)8(5)10-2;2-1-3;;;;/h6-8H,5H2,1-4H3,(H,17,21);3-5H,1-2H3;3H2,1-2H3,(H,6,9);3H;1H3;1H;;/q;;;;-1;;2*+1/p-1. The second-order valence-electron chi connectivity index (χ2n) is 9.75. The fraction of sp³-hybridized carbons (Fsp3) is 0.323. The zero-order chi connectivity index (χ0) is 43.5. The number of halogens is 2. The van der Waals surface area contributed by atoms with Crippen molar-refractivity contribution in [2.24, 2.45) is 0 Å². The van der Waals surface area contributed by atoms with E-state index in [1.807, 2.05) is 19.3 Å². The molecule has 0 bridgehead atoms. The summed E-state index contributed by atoms with van der Waals surface area (Å²) in [5, 5.41) is 25.6. The first-order valence-corrected chi connectivity index (χ1v) is 20.7. The Kier molecular flexibility index (Phi) is 36.4. The fourth-order valence-corrected chi connectivity index (χ4v) is 7.73. The zero-order valence-corrected chi connectivity index (χ0v) is 45.8. The quantitative estimate of drug-likeness (QED) is 0.0258. The number of carbonyl (C=O) groups excluding carboxylic acids is 3. The third kappa shape index (κ3) is 19.9. The van der Waals surface area contributed by atoms with E-state index in [1.165, 1.54) is 64.1 Å². The number of rotatable bonds is 12. The summed E-state index contributed by atoms with van der Waals surface area (Å²) in [7, 11) is 6.33. The minimum Gasteiger partial charge on any atom is -0.812 e. The molecule has 0 radical (unpaired) electrons. The van der Waals surface area contributed by atoms with E-state index in [-0.39, 0.29) is 154 Å². The molecule has 61 heavy (non-hydrogen) atoms. The first kappa shape index (κ1) is 65.8. The molecule has 1 amide bonds. The van der Waals surface area contributed by atoms with Crippen LogP contribution in [0, 0.1) is 32.8 Å². The van der Waals surface area contributed by atoms with Gasteiger partial charge < -0.3 is 31.7 Å². The third-order valence-corrected chi connectivity index (χ3v) is 10.5. The topological polar surface area (TPSA) is 298 Å². The van der Waals surface area contributed by atoms with Gasteiger partial charge >= 0.3 is 132 Å². The smallest absolute Gasteiger partial charge is 0.812 e. The Labute approximate surface area is 457 Å². The summed E-state index contributed by atoms with van der Waals surface area (Å²) in [6, 6.07) is 8.01. The molecule has 4 aromatic rings. The number of esters is 2. The van der Waals surface area contributed by atoms with E-state index in [0.29, 0.717) is 33.0 Å². The van der Waals surface area contributed by atoms with Crippen molar-refractivity contribution in [2.45, 2.75) is 47.8 Å². The van der Waals surface area contributed by atoms with Gasteiger partial charge in [0.25, 0.3) is 9.05 Å². The van der Waals surface area contributed by atoms with Crippen molar-refractivity contribution in [3.05, 3.63) is 87.0 Å². The molecular formula is C31H40Cl2K2N8O14S4. The first-order chi connectivity index (χ1) is 26.9. The molecule has 1 atom stereocenters. The van der Waals surface area contributed by atoms with Gasteiger partial charge in [-0.3, -0.25) is 0 Å². The second-order valence-corrected chi connectivity index (χ2v) is 15.8. The Balaban J connectivity index is -0.000000416. The number of nitrogens with zero attached hydrogens (tertiary/aromatic N) is 6. The van der Waals surface area contributed by atoms with Crippen LogP contribution < -0.4 is 134 Å². The number of nitrogens with one attached hydrogen (secondary N) is 2. The number of ether oxygens (including phenoxy) is 2. The van der Waals surface area contributed by atoms with E-state index < -0.39 is 43.8 Å². The maximum Gasteiger partial charge on any atom is 1.00 e. The Hall–Kier alpha value is -1.77. The molecule has 2 aromatic carbocycles. The maximum atomic E-state index is 12.5. The summed E-state index contributed by atoms with van der Waals surface area (Å²) in [4.78, 5) is 67.9. The average molecular weight is 1030 g/mol. The van der Waals surface area contributed by atoms with Crippen LogP contribution in [0.15, 0.2) is 66.1 Å². The summed E-state index contributed by atoms with van der Waals surface area (Å²) < 4.78 is 51.4. The molecule has 4 rings (SSSR count). The fourth-order valence-electron chi connectivity index (χ4n) is 4.05. The van der Waals surface area contributed by atoms with Crippen molar-refractivity contribution >= 4 is 84.7 Å². The van der Waals surface area contributed by atoms with Gasteiger partial charge in [-0.15, -0.1) is 36.7 Å². The Morgan fingerprint density at radius 2 is 1.39 bits per heavy atom. The van der Waals surface area contributed by atoms with Crippen LogP contribution in [0.25, 0.3) is 0 Å². The van der Waals surface area contributed by atoms with E-state index >= 15 is 0 Å². The third-order valence-electron chi connectivity index (χ3n) is 6.27. The normalized spacial score (nSPS) is 10.0. The number of hydrogen-bond acceptors (Lipinski definition) is 19. The van der Waals surface area contributed by atoms with Crippen LogP contribution >= 0.6 is 46.6 Å². The molecule has 0 aliphatic carbocycles. The number of nitriles is 1. The summed E-state index contributed by atoms with van der Waals surface area (Å²) in [6.45, 7) is 6.98. The van der Waals surface area contributed by atoms with Crippen LogP contribution in [0.1, 0.15) is 45.7 Å². The second kappa shape index (κ2) is 33.7. The molecule has 1 unspecified atom stereocenters. The molecule has 328 valence electrons. The largest absolute Gasteiger partial charge is 1.00 e. The SMILES string of the molecule is CCSc1n[nH]c(=O)n1OC.CCSc1nn(C(=O)NOS(=O)c2c(C)cccc2C(=O)OC)c(=O)n1OC.COC(=O)c1cccc(C)c1S(=O)(=O)Cl.Cl.N#C[O-].[CH3-].[K+].[K+]. The van der Waals surface area contributed by atoms with E-state index in [2.05, 4.69) is 24.8 Å². The number of thioether (sulfide) groups is 2. The van der Waals surface area contributed by atoms with Gasteiger partial charge in [0.1, 0.15) is 14.2 Å². The van der Waals surface area contributed by atoms with Gasteiger partial charge in [0.15, 0.2) is 0 Å². The van der Waals surface area contributed by atoms with Gasteiger partial charge in [0.2, 0.25) is 21.4 Å². The van der Waals surface area contributed by atoms with Gasteiger partial charge in [-0.25, -0.2) is 47.0 Å². The number of benzene rings is 2. The monoisotopic (exact) mass is 1020 g/mol. The van der Waals surface area contributed by atoms with Gasteiger partial charge in [-0.1, -0.05) is 61.6 Å². The molecule has 0 aliphatic rings. The number of hydrogen-bond donors (Lipinski definition) is 2. The Morgan fingerprint density at radius 1 is 0.918 bits per heavy atom. The van der Waals surface area contributed by atoms with Crippen LogP contribution in [0.2, 0.25) is 0 Å². The van der Waals surface area contributed by atoms with Crippen molar-refractivity contribution in [3.8, 4) is 6.26 Å². The summed E-state index contributed by atoms with van der Waals surface area (Å²) >= 11 is 0.374. The van der Waals surface area contributed by atoms with E-state index in [4.69, 9.17) is 35.0 Å². The summed E-state index contributed by atoms with van der Waals surface area (Å²) in [5.74, 6) is 0.00956. The predicted octanol–water partition coefficient (Wildman–Crippen LogP) is -4.32. The van der Waals surface area contributed by atoms with Gasteiger partial charge in [0.05, 0.1) is 35.1 Å². The van der Waals surface area contributed by atoms with Crippen molar-refractivity contribution in [1.29, 1.82) is 5.26 Å². The van der Waals surface area contributed by atoms with Crippen LogP contribution in [-0.2, 0) is 33.9 Å². The van der Waals surface area contributed by atoms with Gasteiger partial charge in [-0.05, 0) is 48.6 Å². The number of aromatic nitrogens is 6. The van der Waals surface area contributed by atoms with Crippen molar-refractivity contribution in [1.82, 2.24) is 34.9 Å². The van der Waals surface area contributed by atoms with Crippen LogP contribution in [0.3, 0.4) is 0 Å². The van der Waals surface area contributed by atoms with E-state index in [1.54, 1.807) is 38.1 Å². The molecule has 2 heterocycles. The minimum absolute atomic E-state index is 0. The van der Waals surface area contributed by atoms with Crippen LogP contribution in [0.4, 0.5) is 4.79 Å². The molecule has 0 saturated heterocycles. The van der Waals surface area contributed by atoms with Gasteiger partial charge in [-0.2, -0.15) is 9.76 Å². The molecule has 0 saturated carbocycles. The summed E-state index contributed by atoms with van der Waals surface area (Å²) in [5.41, 5.74) is 1.55. The number of carbonyl (C=O) groups is 3. The average Bonchev–Trinajstić information content (AvgIpc) is 3.69. The minimum atomic E-state index is -3.95. The number of amides is 1. The molecule has 22 nitrogen and oxygen atoms in total. The molecule has 2 aromatic heterocycles. The molecule has 0 spiro atoms. The first-order valence-electron chi connectivity index (χ1n) is 15.4. The van der Waals surface area contributed by atoms with Crippen molar-refractivity contribution < 1.29 is 158 Å². The Morgan fingerprint density at radius 3 is 1.87 bits per heavy atom. The molecule has 2 N–H and O–H groups in total. The number of H-pyrrole nitrogens is 1. The predicted molar refractivity (Wildman–Crippen MR) is 216 cm³/mol. The van der Waals surface area contributed by atoms with Gasteiger partial charge in [0, 0.05) is 16.9 Å². The number of aromatic amines is 1. The molecule has 0 aliphatic heterocycles. The Bertz CT molecular complexity index is 2320. The number of aryl methyl sites for hydroxylation is 2. The number of hydroxylamine groups is 1. The molecule has 0 fully saturated rings. The maximum absolute atomic E-state index is 12.5. The van der Waals surface area contributed by atoms with Crippen LogP contribution in [0.5, 0.6) is 0 Å². The number of methoxy groups -OCH3 is 2. The van der Waals surface area contributed by atoms with Crippen molar-refractivity contribution in [3.63, 3.8) is 0 Å². The van der Waals surface area contributed by atoms with Crippen molar-refractivity contribution in [2.75, 3.05) is 39.9 Å². The van der Waals surface area contributed by atoms with Crippen LogP contribution in [-0.4, -0.2) is 100.0 Å². The zero-order valence-electron chi connectivity index (χ0n) is 34.7. The van der Waals surface area contributed by atoms with E-state index in [9.17, 15) is 36.6 Å².